The minimum absolute atomic E-state index is 0.319. The molecule has 0 aliphatic heterocycles. The summed E-state index contributed by atoms with van der Waals surface area (Å²) in [4.78, 5) is 0. The molecule has 2 atom stereocenters. The fraction of sp³-hybridized carbons (Fsp3) is 0.333. The highest BCUT2D eigenvalue weighted by atomic mass is 79.9. The van der Waals surface area contributed by atoms with E-state index in [2.05, 4.69) is 53.2 Å². The Morgan fingerprint density at radius 1 is 1.29 bits per heavy atom. The van der Waals surface area contributed by atoms with Gasteiger partial charge in [-0.05, 0) is 54.0 Å². The summed E-state index contributed by atoms with van der Waals surface area (Å²) in [5.74, 6) is 0.582. The Hall–Kier alpha value is -0.830. The van der Waals surface area contributed by atoms with Crippen molar-refractivity contribution >= 4 is 27.5 Å². The minimum Gasteiger partial charge on any atom is -0.321 e. The van der Waals surface area contributed by atoms with Gasteiger partial charge >= 0.3 is 0 Å². The Kier molecular flexibility index (Phi) is 4.13. The predicted molar refractivity (Wildman–Crippen MR) is 92.8 cm³/mol. The molecule has 0 aromatic heterocycles. The highest BCUT2D eigenvalue weighted by molar-refractivity contribution is 9.10. The van der Waals surface area contributed by atoms with E-state index < -0.39 is 0 Å². The van der Waals surface area contributed by atoms with Gasteiger partial charge in [-0.25, -0.2) is 0 Å². The van der Waals surface area contributed by atoms with Gasteiger partial charge in [-0.15, -0.1) is 0 Å². The average Bonchev–Trinajstić information content (AvgIpc) is 2.47. The number of rotatable bonds is 2. The van der Waals surface area contributed by atoms with Gasteiger partial charge in [-0.3, -0.25) is 0 Å². The standard InChI is InChI=1S/C18H19BrClN/c1-12-8-9-18(21,16-5-3-2-4-15(12)16)11-13-6-7-14(19)10-17(13)20/h2-7,10,12H,8-9,11,21H2,1H3. The zero-order valence-electron chi connectivity index (χ0n) is 12.1. The molecule has 0 heterocycles. The van der Waals surface area contributed by atoms with Crippen LogP contribution in [0, 0.1) is 0 Å². The van der Waals surface area contributed by atoms with Crippen LogP contribution >= 0.6 is 27.5 Å². The normalized spacial score (nSPS) is 24.7. The van der Waals surface area contributed by atoms with Gasteiger partial charge in [-0.2, -0.15) is 0 Å². The van der Waals surface area contributed by atoms with Crippen molar-refractivity contribution in [1.82, 2.24) is 0 Å². The van der Waals surface area contributed by atoms with Crippen LogP contribution in [0.15, 0.2) is 46.9 Å². The number of hydrogen-bond donors (Lipinski definition) is 1. The second-order valence-electron chi connectivity index (χ2n) is 6.10. The fourth-order valence-corrected chi connectivity index (χ4v) is 4.07. The van der Waals surface area contributed by atoms with Crippen molar-refractivity contribution in [2.45, 2.75) is 37.6 Å². The Labute approximate surface area is 139 Å². The van der Waals surface area contributed by atoms with Crippen molar-refractivity contribution in [2.24, 2.45) is 5.73 Å². The van der Waals surface area contributed by atoms with Gasteiger partial charge in [0.2, 0.25) is 0 Å². The molecule has 0 amide bonds. The molecule has 110 valence electrons. The molecule has 0 saturated heterocycles. The van der Waals surface area contributed by atoms with E-state index in [0.717, 1.165) is 34.3 Å². The number of fused-ring (bicyclic) bond motifs is 1. The van der Waals surface area contributed by atoms with Crippen LogP contribution in [0.5, 0.6) is 0 Å². The van der Waals surface area contributed by atoms with Gasteiger partial charge in [0.1, 0.15) is 0 Å². The van der Waals surface area contributed by atoms with E-state index in [1.807, 2.05) is 12.1 Å². The van der Waals surface area contributed by atoms with Crippen molar-refractivity contribution < 1.29 is 0 Å². The molecule has 2 aromatic rings. The third kappa shape index (κ3) is 2.90. The largest absolute Gasteiger partial charge is 0.321 e. The molecular weight excluding hydrogens is 346 g/mol. The van der Waals surface area contributed by atoms with Gasteiger partial charge in [-0.1, -0.05) is 64.8 Å². The molecule has 2 aromatic carbocycles. The van der Waals surface area contributed by atoms with E-state index >= 15 is 0 Å². The summed E-state index contributed by atoms with van der Waals surface area (Å²) in [5.41, 5.74) is 10.3. The van der Waals surface area contributed by atoms with E-state index in [1.165, 1.54) is 11.1 Å². The quantitative estimate of drug-likeness (QED) is 0.759. The van der Waals surface area contributed by atoms with Crippen LogP contribution < -0.4 is 5.73 Å². The van der Waals surface area contributed by atoms with Gasteiger partial charge in [0.25, 0.3) is 0 Å². The van der Waals surface area contributed by atoms with Crippen molar-refractivity contribution in [1.29, 1.82) is 0 Å². The molecular formula is C18H19BrClN. The number of halogens is 2. The van der Waals surface area contributed by atoms with Crippen molar-refractivity contribution in [3.05, 3.63) is 68.7 Å². The Balaban J connectivity index is 2.00. The molecule has 0 spiro atoms. The van der Waals surface area contributed by atoms with E-state index in [9.17, 15) is 0 Å². The van der Waals surface area contributed by atoms with E-state index in [4.69, 9.17) is 17.3 Å². The van der Waals surface area contributed by atoms with E-state index in [1.54, 1.807) is 0 Å². The summed E-state index contributed by atoms with van der Waals surface area (Å²) in [6.07, 6.45) is 2.90. The minimum atomic E-state index is -0.319. The molecule has 0 fully saturated rings. The van der Waals surface area contributed by atoms with Gasteiger partial charge in [0, 0.05) is 15.0 Å². The molecule has 3 heteroatoms. The smallest absolute Gasteiger partial charge is 0.0454 e. The van der Waals surface area contributed by atoms with E-state index in [-0.39, 0.29) is 5.54 Å². The summed E-state index contributed by atoms with van der Waals surface area (Å²) in [6, 6.07) is 14.6. The lowest BCUT2D eigenvalue weighted by molar-refractivity contribution is 0.349. The zero-order valence-corrected chi connectivity index (χ0v) is 14.4. The van der Waals surface area contributed by atoms with Crippen LogP contribution in [-0.4, -0.2) is 0 Å². The van der Waals surface area contributed by atoms with Crippen LogP contribution in [-0.2, 0) is 12.0 Å². The highest BCUT2D eigenvalue weighted by Crippen LogP contribution is 2.42. The molecule has 0 bridgehead atoms. The van der Waals surface area contributed by atoms with Gasteiger partial charge in [0.05, 0.1) is 0 Å². The molecule has 0 saturated carbocycles. The maximum absolute atomic E-state index is 6.80. The summed E-state index contributed by atoms with van der Waals surface area (Å²) in [7, 11) is 0. The SMILES string of the molecule is CC1CCC(N)(Cc2ccc(Br)cc2Cl)c2ccccc21. The highest BCUT2D eigenvalue weighted by Gasteiger charge is 2.35. The first-order valence-corrected chi connectivity index (χ1v) is 8.49. The first-order valence-electron chi connectivity index (χ1n) is 7.32. The molecule has 1 aliphatic rings. The molecule has 1 nitrogen and oxygen atoms in total. The lowest BCUT2D eigenvalue weighted by Gasteiger charge is -2.39. The Morgan fingerprint density at radius 2 is 2.05 bits per heavy atom. The molecule has 21 heavy (non-hydrogen) atoms. The lowest BCUT2D eigenvalue weighted by Crippen LogP contribution is -2.42. The van der Waals surface area contributed by atoms with Crippen molar-refractivity contribution in [3.63, 3.8) is 0 Å². The van der Waals surface area contributed by atoms with E-state index in [0.29, 0.717) is 5.92 Å². The number of hydrogen-bond acceptors (Lipinski definition) is 1. The summed E-state index contributed by atoms with van der Waals surface area (Å²) in [6.45, 7) is 2.28. The van der Waals surface area contributed by atoms with Crippen LogP contribution in [0.2, 0.25) is 5.02 Å². The first kappa shape index (κ1) is 15.1. The first-order chi connectivity index (χ1) is 9.99. The molecule has 2 unspecified atom stereocenters. The topological polar surface area (TPSA) is 26.0 Å². The maximum Gasteiger partial charge on any atom is 0.0454 e. The molecule has 2 N–H and O–H groups in total. The zero-order chi connectivity index (χ0) is 15.0. The summed E-state index contributed by atoms with van der Waals surface area (Å²) in [5, 5.41) is 0.783. The molecule has 3 rings (SSSR count). The van der Waals surface area contributed by atoms with Crippen molar-refractivity contribution in [3.8, 4) is 0 Å². The summed E-state index contributed by atoms with van der Waals surface area (Å²) < 4.78 is 1.000. The van der Waals surface area contributed by atoms with Crippen LogP contribution in [0.1, 0.15) is 42.4 Å². The molecule has 1 aliphatic carbocycles. The monoisotopic (exact) mass is 363 g/mol. The average molecular weight is 365 g/mol. The van der Waals surface area contributed by atoms with Gasteiger partial charge < -0.3 is 5.73 Å². The molecule has 0 radical (unpaired) electrons. The van der Waals surface area contributed by atoms with Crippen LogP contribution in [0.3, 0.4) is 0 Å². The number of nitrogens with two attached hydrogens (primary N) is 1. The lowest BCUT2D eigenvalue weighted by atomic mass is 9.70. The Morgan fingerprint density at radius 3 is 2.81 bits per heavy atom. The van der Waals surface area contributed by atoms with Gasteiger partial charge in [0.15, 0.2) is 0 Å². The second-order valence-corrected chi connectivity index (χ2v) is 7.42. The van der Waals surface area contributed by atoms with Crippen LogP contribution in [0.25, 0.3) is 0 Å². The fourth-order valence-electron chi connectivity index (χ4n) is 3.33. The third-order valence-electron chi connectivity index (χ3n) is 4.57. The second kappa shape index (κ2) is 5.75. The predicted octanol–water partition coefficient (Wildman–Crippen LogP) is 5.40. The summed E-state index contributed by atoms with van der Waals surface area (Å²) >= 11 is 9.83. The third-order valence-corrected chi connectivity index (χ3v) is 5.42. The van der Waals surface area contributed by atoms with Crippen molar-refractivity contribution in [2.75, 3.05) is 0 Å². The Bertz CT molecular complexity index is 670. The van der Waals surface area contributed by atoms with Crippen LogP contribution in [0.4, 0.5) is 0 Å². The maximum atomic E-state index is 6.80. The number of benzene rings is 2.